The molecule has 2 unspecified atom stereocenters. The Bertz CT molecular complexity index is 424. The molecule has 2 nitrogen and oxygen atoms in total. The van der Waals surface area contributed by atoms with Gasteiger partial charge in [-0.05, 0) is 48.7 Å². The average molecular weight is 304 g/mol. The first kappa shape index (κ1) is 18.9. The molecule has 0 saturated carbocycles. The molecule has 0 heterocycles. The van der Waals surface area contributed by atoms with Crippen molar-refractivity contribution in [3.8, 4) is 0 Å². The van der Waals surface area contributed by atoms with Crippen LogP contribution in [-0.4, -0.2) is 11.6 Å². The summed E-state index contributed by atoms with van der Waals surface area (Å²) in [4.78, 5) is 24.8. The van der Waals surface area contributed by atoms with E-state index in [0.29, 0.717) is 11.8 Å². The van der Waals surface area contributed by atoms with Crippen molar-refractivity contribution in [3.05, 3.63) is 23.3 Å². The number of hydrogen-bond acceptors (Lipinski definition) is 2. The van der Waals surface area contributed by atoms with E-state index in [1.54, 1.807) is 0 Å². The molecule has 1 aliphatic rings. The molecule has 0 N–H and O–H groups in total. The maximum absolute atomic E-state index is 12.4. The Labute approximate surface area is 136 Å². The minimum Gasteiger partial charge on any atom is -0.290 e. The van der Waals surface area contributed by atoms with Gasteiger partial charge in [0.25, 0.3) is 0 Å². The Hall–Kier alpha value is -1.18. The summed E-state index contributed by atoms with van der Waals surface area (Å²) in [7, 11) is 0. The molecule has 22 heavy (non-hydrogen) atoms. The summed E-state index contributed by atoms with van der Waals surface area (Å²) in [5.41, 5.74) is 1.56. The van der Waals surface area contributed by atoms with Crippen LogP contribution in [-0.2, 0) is 9.59 Å². The van der Waals surface area contributed by atoms with Crippen LogP contribution in [0.25, 0.3) is 0 Å². The molecule has 0 aromatic carbocycles. The van der Waals surface area contributed by atoms with E-state index < -0.39 is 0 Å². The molecule has 2 atom stereocenters. The van der Waals surface area contributed by atoms with Gasteiger partial charge in [-0.2, -0.15) is 0 Å². The van der Waals surface area contributed by atoms with Crippen LogP contribution in [0.15, 0.2) is 23.3 Å². The fraction of sp³-hybridized carbons (Fsp3) is 0.700. The van der Waals surface area contributed by atoms with E-state index in [1.807, 2.05) is 0 Å². The van der Waals surface area contributed by atoms with Gasteiger partial charge in [-0.3, -0.25) is 9.59 Å². The number of allylic oxidation sites excluding steroid dienone is 4. The Morgan fingerprint density at radius 3 is 1.23 bits per heavy atom. The van der Waals surface area contributed by atoms with Crippen molar-refractivity contribution in [1.82, 2.24) is 0 Å². The number of hydrogen-bond donors (Lipinski definition) is 0. The average Bonchev–Trinajstić information content (AvgIpc) is 2.44. The molecule has 0 aromatic rings. The standard InChI is InChI=1S/C20H32O2/c1-13(2)7-9-15(5)19-17(21)11-12-18(22)20(19)16(6)10-8-14(3)4/h11-16H,7-10H2,1-6H3. The first-order chi connectivity index (χ1) is 10.2. The van der Waals surface area contributed by atoms with Crippen molar-refractivity contribution >= 4 is 11.6 Å². The molecule has 124 valence electrons. The first-order valence-corrected chi connectivity index (χ1v) is 8.74. The highest BCUT2D eigenvalue weighted by molar-refractivity contribution is 6.20. The van der Waals surface area contributed by atoms with Gasteiger partial charge in [0, 0.05) is 11.1 Å². The molecule has 0 amide bonds. The zero-order valence-corrected chi connectivity index (χ0v) is 15.1. The summed E-state index contributed by atoms with van der Waals surface area (Å²) in [5, 5.41) is 0. The maximum Gasteiger partial charge on any atom is 0.182 e. The molecule has 0 fully saturated rings. The number of carbonyl (C=O) groups excluding carboxylic acids is 2. The van der Waals surface area contributed by atoms with Gasteiger partial charge in [0.15, 0.2) is 11.6 Å². The lowest BCUT2D eigenvalue weighted by atomic mass is 9.77. The second-order valence-electron chi connectivity index (χ2n) is 7.63. The third kappa shape index (κ3) is 5.23. The maximum atomic E-state index is 12.4. The van der Waals surface area contributed by atoms with Gasteiger partial charge in [0.05, 0.1) is 0 Å². The van der Waals surface area contributed by atoms with Gasteiger partial charge in [-0.15, -0.1) is 0 Å². The summed E-state index contributed by atoms with van der Waals surface area (Å²) in [6.07, 6.45) is 7.04. The predicted octanol–water partition coefficient (Wildman–Crippen LogP) is 5.14. The molecule has 2 heteroatoms. The fourth-order valence-corrected chi connectivity index (χ4v) is 3.07. The van der Waals surface area contributed by atoms with E-state index in [4.69, 9.17) is 0 Å². The van der Waals surface area contributed by atoms with E-state index in [-0.39, 0.29) is 23.4 Å². The zero-order valence-electron chi connectivity index (χ0n) is 15.1. The van der Waals surface area contributed by atoms with Gasteiger partial charge in [0.1, 0.15) is 0 Å². The second kappa shape index (κ2) is 8.45. The van der Waals surface area contributed by atoms with Crippen molar-refractivity contribution in [2.45, 2.75) is 67.2 Å². The van der Waals surface area contributed by atoms with E-state index >= 15 is 0 Å². The van der Waals surface area contributed by atoms with Crippen LogP contribution in [0.2, 0.25) is 0 Å². The minimum atomic E-state index is 0.0438. The van der Waals surface area contributed by atoms with Crippen LogP contribution in [0.5, 0.6) is 0 Å². The van der Waals surface area contributed by atoms with Crippen molar-refractivity contribution in [2.75, 3.05) is 0 Å². The monoisotopic (exact) mass is 304 g/mol. The van der Waals surface area contributed by atoms with Crippen molar-refractivity contribution in [3.63, 3.8) is 0 Å². The minimum absolute atomic E-state index is 0.0438. The zero-order chi connectivity index (χ0) is 16.9. The van der Waals surface area contributed by atoms with Crippen molar-refractivity contribution in [1.29, 1.82) is 0 Å². The SMILES string of the molecule is CC(C)CCC(C)C1=C(C(C)CCC(C)C)C(=O)C=CC1=O. The quantitative estimate of drug-likeness (QED) is 0.582. The third-order valence-corrected chi connectivity index (χ3v) is 4.55. The number of rotatable bonds is 8. The Morgan fingerprint density at radius 2 is 0.955 bits per heavy atom. The molecule has 0 spiro atoms. The van der Waals surface area contributed by atoms with Crippen LogP contribution < -0.4 is 0 Å². The molecule has 0 aliphatic heterocycles. The summed E-state index contributed by atoms with van der Waals surface area (Å²) in [6, 6.07) is 0. The first-order valence-electron chi connectivity index (χ1n) is 8.74. The molecule has 0 bridgehead atoms. The second-order valence-corrected chi connectivity index (χ2v) is 7.63. The summed E-state index contributed by atoms with van der Waals surface area (Å²) in [6.45, 7) is 13.0. The molecule has 0 saturated heterocycles. The topological polar surface area (TPSA) is 34.1 Å². The molecule has 0 aromatic heterocycles. The Kier molecular flexibility index (Phi) is 7.25. The smallest absolute Gasteiger partial charge is 0.182 e. The van der Waals surface area contributed by atoms with Crippen LogP contribution in [0.4, 0.5) is 0 Å². The molecule has 1 aliphatic carbocycles. The predicted molar refractivity (Wildman–Crippen MR) is 92.7 cm³/mol. The van der Waals surface area contributed by atoms with Gasteiger partial charge in [0.2, 0.25) is 0 Å². The highest BCUT2D eigenvalue weighted by Crippen LogP contribution is 2.32. The Morgan fingerprint density at radius 1 is 0.636 bits per heavy atom. The fourth-order valence-electron chi connectivity index (χ4n) is 3.07. The largest absolute Gasteiger partial charge is 0.290 e. The van der Waals surface area contributed by atoms with Crippen LogP contribution in [0.3, 0.4) is 0 Å². The van der Waals surface area contributed by atoms with Crippen LogP contribution >= 0.6 is 0 Å². The highest BCUT2D eigenvalue weighted by atomic mass is 16.1. The number of carbonyl (C=O) groups is 2. The van der Waals surface area contributed by atoms with E-state index in [0.717, 1.165) is 36.8 Å². The van der Waals surface area contributed by atoms with Gasteiger partial charge >= 0.3 is 0 Å². The van der Waals surface area contributed by atoms with Crippen molar-refractivity contribution < 1.29 is 9.59 Å². The summed E-state index contributed by atoms with van der Waals surface area (Å²) in [5.74, 6) is 1.66. The van der Waals surface area contributed by atoms with Gasteiger partial charge in [-0.25, -0.2) is 0 Å². The summed E-state index contributed by atoms with van der Waals surface area (Å²) >= 11 is 0. The molecular weight excluding hydrogens is 272 g/mol. The Balaban J connectivity index is 3.01. The molecular formula is C20H32O2. The lowest BCUT2D eigenvalue weighted by Gasteiger charge is -2.25. The lowest BCUT2D eigenvalue weighted by Crippen LogP contribution is -2.24. The van der Waals surface area contributed by atoms with E-state index in [9.17, 15) is 9.59 Å². The lowest BCUT2D eigenvalue weighted by molar-refractivity contribution is -0.116. The highest BCUT2D eigenvalue weighted by Gasteiger charge is 2.29. The van der Waals surface area contributed by atoms with Crippen molar-refractivity contribution in [2.24, 2.45) is 23.7 Å². The normalized spacial score (nSPS) is 18.5. The van der Waals surface area contributed by atoms with E-state index in [2.05, 4.69) is 41.5 Å². The van der Waals surface area contributed by atoms with Crippen LogP contribution in [0.1, 0.15) is 67.2 Å². The van der Waals surface area contributed by atoms with E-state index in [1.165, 1.54) is 12.2 Å². The van der Waals surface area contributed by atoms with Gasteiger partial charge in [-0.1, -0.05) is 54.4 Å². The third-order valence-electron chi connectivity index (χ3n) is 4.55. The molecule has 1 rings (SSSR count). The van der Waals surface area contributed by atoms with Crippen LogP contribution in [0, 0.1) is 23.7 Å². The molecule has 0 radical (unpaired) electrons. The number of ketones is 2. The van der Waals surface area contributed by atoms with Gasteiger partial charge < -0.3 is 0 Å². The summed E-state index contributed by atoms with van der Waals surface area (Å²) < 4.78 is 0.